The first kappa shape index (κ1) is 19.4. The topological polar surface area (TPSA) is 106 Å². The summed E-state index contributed by atoms with van der Waals surface area (Å²) in [4.78, 5) is 26.7. The molecule has 2 N–H and O–H groups in total. The summed E-state index contributed by atoms with van der Waals surface area (Å²) in [6, 6.07) is 15.0. The highest BCUT2D eigenvalue weighted by Gasteiger charge is 2.21. The van der Waals surface area contributed by atoms with Crippen molar-refractivity contribution in [3.63, 3.8) is 0 Å². The number of anilines is 1. The Morgan fingerprint density at radius 1 is 1.17 bits per heavy atom. The summed E-state index contributed by atoms with van der Waals surface area (Å²) >= 11 is 0. The largest absolute Gasteiger partial charge is 0.439 e. The Kier molecular flexibility index (Phi) is 5.05. The van der Waals surface area contributed by atoms with Gasteiger partial charge in [-0.15, -0.1) is 0 Å². The highest BCUT2D eigenvalue weighted by molar-refractivity contribution is 6.05. The van der Waals surface area contributed by atoms with Crippen LogP contribution in [0.2, 0.25) is 0 Å². The van der Waals surface area contributed by atoms with Gasteiger partial charge in [0.05, 0.1) is 23.1 Å². The van der Waals surface area contributed by atoms with Gasteiger partial charge in [-0.2, -0.15) is 5.10 Å². The quantitative estimate of drug-likeness (QED) is 0.526. The molecule has 152 valence electrons. The molecule has 8 nitrogen and oxygen atoms in total. The van der Waals surface area contributed by atoms with E-state index >= 15 is 0 Å². The monoisotopic (exact) mass is 403 g/mol. The van der Waals surface area contributed by atoms with Crippen LogP contribution in [-0.4, -0.2) is 25.8 Å². The molecular formula is C22H21N5O3. The third-order valence-corrected chi connectivity index (χ3v) is 4.71. The molecule has 2 aromatic heterocycles. The number of H-pyrrole nitrogens is 1. The van der Waals surface area contributed by atoms with Crippen LogP contribution in [0.15, 0.2) is 64.0 Å². The van der Waals surface area contributed by atoms with Crippen molar-refractivity contribution in [2.75, 3.05) is 5.32 Å². The predicted octanol–water partition coefficient (Wildman–Crippen LogP) is 3.90. The fourth-order valence-electron chi connectivity index (χ4n) is 3.28. The lowest BCUT2D eigenvalue weighted by atomic mass is 10.0. The minimum absolute atomic E-state index is 0.0843. The Labute approximate surface area is 172 Å². The number of hydrogen-bond acceptors (Lipinski definition) is 5. The molecule has 0 fully saturated rings. The molecule has 0 aliphatic heterocycles. The van der Waals surface area contributed by atoms with E-state index in [0.717, 1.165) is 16.9 Å². The van der Waals surface area contributed by atoms with Crippen LogP contribution in [0.1, 0.15) is 41.4 Å². The fraction of sp³-hybridized carbons (Fsp3) is 0.182. The van der Waals surface area contributed by atoms with Gasteiger partial charge in [-0.1, -0.05) is 48.8 Å². The van der Waals surface area contributed by atoms with Crippen LogP contribution in [0.5, 0.6) is 0 Å². The second-order valence-corrected chi connectivity index (χ2v) is 7.32. The van der Waals surface area contributed by atoms with Crippen molar-refractivity contribution in [1.82, 2.24) is 19.9 Å². The van der Waals surface area contributed by atoms with Crippen molar-refractivity contribution in [3.05, 3.63) is 82.1 Å². The molecule has 0 radical (unpaired) electrons. The van der Waals surface area contributed by atoms with E-state index in [9.17, 15) is 9.59 Å². The van der Waals surface area contributed by atoms with E-state index in [4.69, 9.17) is 0 Å². The van der Waals surface area contributed by atoms with Crippen molar-refractivity contribution in [2.24, 2.45) is 0 Å². The molecule has 1 amide bonds. The molecule has 8 heteroatoms. The van der Waals surface area contributed by atoms with Gasteiger partial charge >= 0.3 is 5.76 Å². The van der Waals surface area contributed by atoms with Gasteiger partial charge in [-0.25, -0.2) is 9.48 Å². The van der Waals surface area contributed by atoms with Gasteiger partial charge in [-0.05, 0) is 37.1 Å². The lowest BCUT2D eigenvalue weighted by molar-refractivity contribution is 0.102. The Hall–Kier alpha value is -3.94. The fourth-order valence-corrected chi connectivity index (χ4v) is 3.28. The van der Waals surface area contributed by atoms with Crippen molar-refractivity contribution in [1.29, 1.82) is 0 Å². The number of amides is 1. The molecule has 0 aliphatic carbocycles. The molecule has 2 heterocycles. The first-order chi connectivity index (χ1) is 14.4. The normalized spacial score (nSPS) is 11.1. The molecule has 0 spiro atoms. The number of rotatable bonds is 5. The Morgan fingerprint density at radius 3 is 2.60 bits per heavy atom. The summed E-state index contributed by atoms with van der Waals surface area (Å²) in [7, 11) is 0. The van der Waals surface area contributed by atoms with Crippen LogP contribution in [0.25, 0.3) is 17.1 Å². The first-order valence-electron chi connectivity index (χ1n) is 9.55. The van der Waals surface area contributed by atoms with Crippen LogP contribution in [0.4, 0.5) is 5.69 Å². The molecule has 4 rings (SSSR count). The van der Waals surface area contributed by atoms with Gasteiger partial charge in [0.1, 0.15) is 0 Å². The van der Waals surface area contributed by atoms with Crippen molar-refractivity contribution < 1.29 is 9.32 Å². The number of hydrogen-bond donors (Lipinski definition) is 2. The van der Waals surface area contributed by atoms with E-state index in [0.29, 0.717) is 22.6 Å². The predicted molar refractivity (Wildman–Crippen MR) is 113 cm³/mol. The van der Waals surface area contributed by atoms with Gasteiger partial charge < -0.3 is 5.32 Å². The maximum atomic E-state index is 13.0. The molecular weight excluding hydrogens is 382 g/mol. The lowest BCUT2D eigenvalue weighted by Gasteiger charge is -2.13. The van der Waals surface area contributed by atoms with Gasteiger partial charge in [-0.3, -0.25) is 14.3 Å². The summed E-state index contributed by atoms with van der Waals surface area (Å²) in [5.41, 5.74) is 4.58. The first-order valence-corrected chi connectivity index (χ1v) is 9.55. The SMILES string of the molecule is Cc1ccc(-n2ncc(C(=O)Nc3cccc(-c4noc(=O)[nH]4)c3)c2C(C)C)cc1. The Bertz CT molecular complexity index is 1250. The second-order valence-electron chi connectivity index (χ2n) is 7.32. The van der Waals surface area contributed by atoms with E-state index in [1.807, 2.05) is 45.0 Å². The van der Waals surface area contributed by atoms with E-state index in [-0.39, 0.29) is 11.8 Å². The lowest BCUT2D eigenvalue weighted by Crippen LogP contribution is -2.15. The maximum Gasteiger partial charge on any atom is 0.439 e. The number of aryl methyl sites for hydroxylation is 1. The summed E-state index contributed by atoms with van der Waals surface area (Å²) in [6.45, 7) is 6.08. The van der Waals surface area contributed by atoms with Gasteiger partial charge in [0.2, 0.25) is 0 Å². The number of aromatic nitrogens is 4. The number of nitrogens with one attached hydrogen (secondary N) is 2. The zero-order chi connectivity index (χ0) is 21.3. The smallest absolute Gasteiger partial charge is 0.322 e. The van der Waals surface area contributed by atoms with Crippen molar-refractivity contribution in [3.8, 4) is 17.1 Å². The number of carbonyl (C=O) groups is 1. The molecule has 0 saturated carbocycles. The minimum atomic E-state index is -0.635. The second kappa shape index (κ2) is 7.82. The highest BCUT2D eigenvalue weighted by atomic mass is 16.5. The Balaban J connectivity index is 1.64. The van der Waals surface area contributed by atoms with Crippen molar-refractivity contribution in [2.45, 2.75) is 26.7 Å². The maximum absolute atomic E-state index is 13.0. The average Bonchev–Trinajstić information content (AvgIpc) is 3.35. The molecule has 0 atom stereocenters. The van der Waals surface area contributed by atoms with E-state index in [1.54, 1.807) is 35.1 Å². The van der Waals surface area contributed by atoms with Crippen LogP contribution in [-0.2, 0) is 0 Å². The van der Waals surface area contributed by atoms with Gasteiger partial charge in [0, 0.05) is 11.3 Å². The van der Waals surface area contributed by atoms with E-state index in [2.05, 4.69) is 25.1 Å². The molecule has 2 aromatic carbocycles. The molecule has 0 bridgehead atoms. The van der Waals surface area contributed by atoms with Crippen LogP contribution < -0.4 is 11.1 Å². The molecule has 30 heavy (non-hydrogen) atoms. The standard InChI is InChI=1S/C22H21N5O3/c1-13(2)19-18(12-23-27(19)17-9-7-14(3)8-10-17)21(28)24-16-6-4-5-15(11-16)20-25-22(29)30-26-20/h4-13H,1-3H3,(H,24,28)(H,25,26,29). The minimum Gasteiger partial charge on any atom is -0.322 e. The molecule has 0 saturated heterocycles. The summed E-state index contributed by atoms with van der Waals surface area (Å²) in [5, 5.41) is 11.0. The zero-order valence-electron chi connectivity index (χ0n) is 16.8. The van der Waals surface area contributed by atoms with Gasteiger partial charge in [0.25, 0.3) is 5.91 Å². The summed E-state index contributed by atoms with van der Waals surface area (Å²) in [5.74, 6) is -0.514. The van der Waals surface area contributed by atoms with Crippen LogP contribution >= 0.6 is 0 Å². The number of aromatic amines is 1. The van der Waals surface area contributed by atoms with Crippen LogP contribution in [0, 0.1) is 6.92 Å². The van der Waals surface area contributed by atoms with Crippen molar-refractivity contribution >= 4 is 11.6 Å². The number of benzene rings is 2. The molecule has 4 aromatic rings. The van der Waals surface area contributed by atoms with E-state index < -0.39 is 5.76 Å². The number of nitrogens with zero attached hydrogens (tertiary/aromatic N) is 3. The van der Waals surface area contributed by atoms with E-state index in [1.165, 1.54) is 0 Å². The van der Waals surface area contributed by atoms with Crippen LogP contribution in [0.3, 0.4) is 0 Å². The Morgan fingerprint density at radius 2 is 1.93 bits per heavy atom. The summed E-state index contributed by atoms with van der Waals surface area (Å²) in [6.07, 6.45) is 1.59. The van der Waals surface area contributed by atoms with Gasteiger partial charge in [0.15, 0.2) is 5.82 Å². The molecule has 0 unspecified atom stereocenters. The third kappa shape index (κ3) is 3.80. The number of carbonyl (C=O) groups excluding carboxylic acids is 1. The summed E-state index contributed by atoms with van der Waals surface area (Å²) < 4.78 is 6.35. The highest BCUT2D eigenvalue weighted by Crippen LogP contribution is 2.25. The third-order valence-electron chi connectivity index (χ3n) is 4.71. The molecule has 0 aliphatic rings. The average molecular weight is 403 g/mol. The zero-order valence-corrected chi connectivity index (χ0v) is 16.8.